The Bertz CT molecular complexity index is 310. The number of nitrogens with one attached hydrogen (secondary N) is 1. The van der Waals surface area contributed by atoms with Gasteiger partial charge in [-0.3, -0.25) is 0 Å². The summed E-state index contributed by atoms with van der Waals surface area (Å²) in [7, 11) is 2.15. The third-order valence-electron chi connectivity index (χ3n) is 2.66. The third-order valence-corrected chi connectivity index (χ3v) is 3.33. The molecule has 2 nitrogen and oxygen atoms in total. The summed E-state index contributed by atoms with van der Waals surface area (Å²) < 4.78 is 1.18. The van der Waals surface area contributed by atoms with Gasteiger partial charge in [-0.15, -0.1) is 0 Å². The number of halogens is 1. The highest BCUT2D eigenvalue weighted by Gasteiger charge is 2.19. The summed E-state index contributed by atoms with van der Waals surface area (Å²) >= 11 is 3.57. The minimum atomic E-state index is 0.812. The van der Waals surface area contributed by atoms with Crippen LogP contribution in [-0.4, -0.2) is 26.7 Å². The van der Waals surface area contributed by atoms with Crippen molar-refractivity contribution in [2.24, 2.45) is 5.92 Å². The van der Waals surface area contributed by atoms with E-state index in [2.05, 4.69) is 51.4 Å². The topological polar surface area (TPSA) is 15.3 Å². The molecule has 14 heavy (non-hydrogen) atoms. The first-order valence-electron chi connectivity index (χ1n) is 4.94. The Hall–Kier alpha value is -0.540. The maximum absolute atomic E-state index is 3.57. The van der Waals surface area contributed by atoms with E-state index in [4.69, 9.17) is 0 Å². The molecule has 3 heteroatoms. The highest BCUT2D eigenvalue weighted by atomic mass is 79.9. The van der Waals surface area contributed by atoms with Gasteiger partial charge in [0.1, 0.15) is 0 Å². The molecule has 1 aliphatic heterocycles. The van der Waals surface area contributed by atoms with E-state index in [0.717, 1.165) is 25.6 Å². The van der Waals surface area contributed by atoms with Gasteiger partial charge >= 0.3 is 0 Å². The second-order valence-electron chi connectivity index (χ2n) is 3.86. The van der Waals surface area contributed by atoms with Crippen LogP contribution < -0.4 is 10.2 Å². The standard InChI is InChI=1S/C11H15BrN2/c1-14(8-9-6-13-7-9)11-5-3-2-4-10(11)12/h2-5,9,13H,6-8H2,1H3. The Kier molecular flexibility index (Phi) is 3.08. The molecule has 0 aromatic heterocycles. The van der Waals surface area contributed by atoms with Crippen LogP contribution in [0.2, 0.25) is 0 Å². The molecule has 0 radical (unpaired) electrons. The van der Waals surface area contributed by atoms with Crippen molar-refractivity contribution in [1.82, 2.24) is 5.32 Å². The molecule has 1 N–H and O–H groups in total. The van der Waals surface area contributed by atoms with E-state index < -0.39 is 0 Å². The Balaban J connectivity index is 2.02. The van der Waals surface area contributed by atoms with Gasteiger partial charge in [-0.2, -0.15) is 0 Å². The van der Waals surface area contributed by atoms with Gasteiger partial charge in [0, 0.05) is 37.1 Å². The number of nitrogens with zero attached hydrogens (tertiary/aromatic N) is 1. The van der Waals surface area contributed by atoms with Gasteiger partial charge in [0.15, 0.2) is 0 Å². The van der Waals surface area contributed by atoms with Gasteiger partial charge in [-0.25, -0.2) is 0 Å². The molecule has 0 amide bonds. The van der Waals surface area contributed by atoms with Crippen LogP contribution in [-0.2, 0) is 0 Å². The molecular formula is C11H15BrN2. The molecule has 0 atom stereocenters. The molecule has 1 aromatic carbocycles. The fourth-order valence-electron chi connectivity index (χ4n) is 1.72. The summed E-state index contributed by atoms with van der Waals surface area (Å²) in [4.78, 5) is 2.32. The van der Waals surface area contributed by atoms with Crippen molar-refractivity contribution >= 4 is 21.6 Å². The second kappa shape index (κ2) is 4.32. The Morgan fingerprint density at radius 1 is 1.43 bits per heavy atom. The molecular weight excluding hydrogens is 240 g/mol. The first kappa shape index (κ1) is 9.99. The van der Waals surface area contributed by atoms with Crippen LogP contribution >= 0.6 is 15.9 Å². The summed E-state index contributed by atoms with van der Waals surface area (Å²) in [5.41, 5.74) is 1.28. The second-order valence-corrected chi connectivity index (χ2v) is 4.71. The van der Waals surface area contributed by atoms with E-state index >= 15 is 0 Å². The minimum absolute atomic E-state index is 0.812. The predicted octanol–water partition coefficient (Wildman–Crippen LogP) is 2.10. The van der Waals surface area contributed by atoms with E-state index in [1.165, 1.54) is 10.2 Å². The van der Waals surface area contributed by atoms with Crippen molar-refractivity contribution in [1.29, 1.82) is 0 Å². The van der Waals surface area contributed by atoms with Crippen LogP contribution in [0, 0.1) is 5.92 Å². The van der Waals surface area contributed by atoms with E-state index in [1.54, 1.807) is 0 Å². The zero-order valence-electron chi connectivity index (χ0n) is 8.33. The lowest BCUT2D eigenvalue weighted by molar-refractivity contribution is 0.353. The third kappa shape index (κ3) is 2.10. The summed E-state index contributed by atoms with van der Waals surface area (Å²) in [6.45, 7) is 3.46. The van der Waals surface area contributed by atoms with Crippen LogP contribution in [0.5, 0.6) is 0 Å². The van der Waals surface area contributed by atoms with Crippen molar-refractivity contribution in [3.63, 3.8) is 0 Å². The lowest BCUT2D eigenvalue weighted by atomic mass is 10.0. The molecule has 1 aliphatic rings. The van der Waals surface area contributed by atoms with Crippen molar-refractivity contribution in [2.45, 2.75) is 0 Å². The summed E-state index contributed by atoms with van der Waals surface area (Å²) in [5.74, 6) is 0.812. The molecule has 2 rings (SSSR count). The largest absolute Gasteiger partial charge is 0.373 e. The number of hydrogen-bond acceptors (Lipinski definition) is 2. The van der Waals surface area contributed by atoms with Crippen LogP contribution in [0.4, 0.5) is 5.69 Å². The van der Waals surface area contributed by atoms with E-state index in [9.17, 15) is 0 Å². The molecule has 0 aliphatic carbocycles. The van der Waals surface area contributed by atoms with Crippen molar-refractivity contribution in [3.05, 3.63) is 28.7 Å². The average Bonchev–Trinajstić information content (AvgIpc) is 2.12. The predicted molar refractivity (Wildman–Crippen MR) is 63.8 cm³/mol. The molecule has 1 fully saturated rings. The van der Waals surface area contributed by atoms with E-state index in [-0.39, 0.29) is 0 Å². The molecule has 76 valence electrons. The maximum Gasteiger partial charge on any atom is 0.0508 e. The van der Waals surface area contributed by atoms with Gasteiger partial charge in [0.05, 0.1) is 5.69 Å². The lowest BCUT2D eigenvalue weighted by Crippen LogP contribution is -2.47. The normalized spacial score (nSPS) is 16.4. The van der Waals surface area contributed by atoms with Crippen LogP contribution in [0.15, 0.2) is 28.7 Å². The van der Waals surface area contributed by atoms with Crippen LogP contribution in [0.3, 0.4) is 0 Å². The Morgan fingerprint density at radius 3 is 2.71 bits per heavy atom. The average molecular weight is 255 g/mol. The van der Waals surface area contributed by atoms with Gasteiger partial charge < -0.3 is 10.2 Å². The van der Waals surface area contributed by atoms with Gasteiger partial charge in [-0.05, 0) is 28.1 Å². The van der Waals surface area contributed by atoms with Crippen LogP contribution in [0.25, 0.3) is 0 Å². The number of hydrogen-bond donors (Lipinski definition) is 1. The van der Waals surface area contributed by atoms with Crippen molar-refractivity contribution in [3.8, 4) is 0 Å². The SMILES string of the molecule is CN(CC1CNC1)c1ccccc1Br. The monoisotopic (exact) mass is 254 g/mol. The van der Waals surface area contributed by atoms with Crippen molar-refractivity contribution in [2.75, 3.05) is 31.6 Å². The highest BCUT2D eigenvalue weighted by molar-refractivity contribution is 9.10. The summed E-state index contributed by atoms with van der Waals surface area (Å²) in [6, 6.07) is 8.36. The maximum atomic E-state index is 3.57. The first-order valence-corrected chi connectivity index (χ1v) is 5.73. The minimum Gasteiger partial charge on any atom is -0.373 e. The Labute approximate surface area is 93.4 Å². The molecule has 1 saturated heterocycles. The zero-order chi connectivity index (χ0) is 9.97. The molecule has 0 saturated carbocycles. The van der Waals surface area contributed by atoms with Gasteiger partial charge in [0.25, 0.3) is 0 Å². The number of anilines is 1. The van der Waals surface area contributed by atoms with Crippen LogP contribution in [0.1, 0.15) is 0 Å². The molecule has 1 heterocycles. The molecule has 0 spiro atoms. The van der Waals surface area contributed by atoms with E-state index in [0.29, 0.717) is 0 Å². The Morgan fingerprint density at radius 2 is 2.14 bits per heavy atom. The number of para-hydroxylation sites is 1. The number of rotatable bonds is 3. The number of benzene rings is 1. The fourth-order valence-corrected chi connectivity index (χ4v) is 2.31. The smallest absolute Gasteiger partial charge is 0.0508 e. The first-order chi connectivity index (χ1) is 6.77. The molecule has 1 aromatic rings. The molecule has 0 unspecified atom stereocenters. The van der Waals surface area contributed by atoms with Crippen molar-refractivity contribution < 1.29 is 0 Å². The highest BCUT2D eigenvalue weighted by Crippen LogP contribution is 2.25. The molecule has 0 bridgehead atoms. The summed E-state index contributed by atoms with van der Waals surface area (Å²) in [6.07, 6.45) is 0. The van der Waals surface area contributed by atoms with Gasteiger partial charge in [0.2, 0.25) is 0 Å². The fraction of sp³-hybridized carbons (Fsp3) is 0.455. The zero-order valence-corrected chi connectivity index (χ0v) is 9.92. The van der Waals surface area contributed by atoms with Gasteiger partial charge in [-0.1, -0.05) is 12.1 Å². The van der Waals surface area contributed by atoms with E-state index in [1.807, 2.05) is 6.07 Å². The summed E-state index contributed by atoms with van der Waals surface area (Å²) in [5, 5.41) is 3.29. The lowest BCUT2D eigenvalue weighted by Gasteiger charge is -2.32. The quantitative estimate of drug-likeness (QED) is 0.889.